The van der Waals surface area contributed by atoms with Crippen LogP contribution in [0.5, 0.6) is 0 Å². The Kier molecular flexibility index (Phi) is 4.31. The molecule has 1 aromatic carbocycles. The van der Waals surface area contributed by atoms with Gasteiger partial charge in [0.1, 0.15) is 5.82 Å². The highest BCUT2D eigenvalue weighted by Crippen LogP contribution is 2.15. The van der Waals surface area contributed by atoms with Gasteiger partial charge in [0.2, 0.25) is 0 Å². The van der Waals surface area contributed by atoms with E-state index in [4.69, 9.17) is 0 Å². The number of nitrogens with one attached hydrogen (secondary N) is 2. The summed E-state index contributed by atoms with van der Waals surface area (Å²) in [4.78, 5) is 7.74. The fourth-order valence-corrected chi connectivity index (χ4v) is 2.34. The molecule has 0 radical (unpaired) electrons. The fraction of sp³-hybridized carbons (Fsp3) is 0.357. The number of aryl methyl sites for hydroxylation is 2. The highest BCUT2D eigenvalue weighted by molar-refractivity contribution is 7.97. The molecule has 0 amide bonds. The molecule has 0 aliphatic heterocycles. The van der Waals surface area contributed by atoms with Crippen LogP contribution in [-0.4, -0.2) is 16.2 Å². The summed E-state index contributed by atoms with van der Waals surface area (Å²) in [7, 11) is 0. The zero-order valence-electron chi connectivity index (χ0n) is 11.1. The van der Waals surface area contributed by atoms with E-state index in [1.165, 1.54) is 5.56 Å². The number of aromatic nitrogens is 2. The van der Waals surface area contributed by atoms with Crippen LogP contribution < -0.4 is 5.32 Å². The third kappa shape index (κ3) is 3.29. The Labute approximate surface area is 112 Å². The van der Waals surface area contributed by atoms with Gasteiger partial charge >= 0.3 is 0 Å². The number of rotatable bonds is 5. The van der Waals surface area contributed by atoms with Crippen LogP contribution in [0.15, 0.2) is 24.3 Å². The van der Waals surface area contributed by atoms with Crippen LogP contribution in [-0.2, 0) is 12.3 Å². The van der Waals surface area contributed by atoms with Crippen molar-refractivity contribution in [3.05, 3.63) is 47.0 Å². The predicted molar refractivity (Wildman–Crippen MR) is 79.0 cm³/mol. The first kappa shape index (κ1) is 13.0. The van der Waals surface area contributed by atoms with E-state index < -0.39 is 0 Å². The number of aromatic amines is 1. The minimum atomic E-state index is 0.734. The van der Waals surface area contributed by atoms with Crippen LogP contribution in [0.4, 0.5) is 5.69 Å². The number of nitrogens with zero attached hydrogens (tertiary/aromatic N) is 1. The summed E-state index contributed by atoms with van der Waals surface area (Å²) in [6.07, 6.45) is 2.12. The number of H-pyrrole nitrogens is 1. The van der Waals surface area contributed by atoms with Crippen molar-refractivity contribution >= 4 is 17.4 Å². The van der Waals surface area contributed by atoms with Crippen molar-refractivity contribution in [2.24, 2.45) is 0 Å². The van der Waals surface area contributed by atoms with E-state index in [-0.39, 0.29) is 0 Å². The molecule has 0 unspecified atom stereocenters. The summed E-state index contributed by atoms with van der Waals surface area (Å²) in [6.45, 7) is 4.80. The number of imidazole rings is 1. The number of hydrogen-bond acceptors (Lipinski definition) is 3. The maximum Gasteiger partial charge on any atom is 0.125 e. The van der Waals surface area contributed by atoms with Gasteiger partial charge in [0.25, 0.3) is 0 Å². The summed E-state index contributed by atoms with van der Waals surface area (Å²) < 4.78 is 0. The highest BCUT2D eigenvalue weighted by Gasteiger charge is 2.02. The lowest BCUT2D eigenvalue weighted by Crippen LogP contribution is -2.01. The Morgan fingerprint density at radius 1 is 1.33 bits per heavy atom. The average Bonchev–Trinajstić information content (AvgIpc) is 2.67. The second-order valence-corrected chi connectivity index (χ2v) is 5.25. The first-order valence-electron chi connectivity index (χ1n) is 6.03. The summed E-state index contributed by atoms with van der Waals surface area (Å²) in [5, 5.41) is 3.40. The number of benzene rings is 1. The monoisotopic (exact) mass is 261 g/mol. The molecule has 2 rings (SSSR count). The zero-order valence-corrected chi connectivity index (χ0v) is 11.9. The second kappa shape index (κ2) is 5.96. The maximum absolute atomic E-state index is 4.46. The van der Waals surface area contributed by atoms with Crippen molar-refractivity contribution in [2.75, 3.05) is 11.6 Å². The maximum atomic E-state index is 4.46. The molecule has 96 valence electrons. The van der Waals surface area contributed by atoms with Crippen molar-refractivity contribution in [3.8, 4) is 0 Å². The van der Waals surface area contributed by atoms with Crippen molar-refractivity contribution in [2.45, 2.75) is 26.1 Å². The lowest BCUT2D eigenvalue weighted by atomic mass is 10.2. The molecule has 18 heavy (non-hydrogen) atoms. The van der Waals surface area contributed by atoms with Crippen molar-refractivity contribution < 1.29 is 0 Å². The van der Waals surface area contributed by atoms with Gasteiger partial charge in [-0.05, 0) is 37.8 Å². The lowest BCUT2D eigenvalue weighted by molar-refractivity contribution is 0.987. The van der Waals surface area contributed by atoms with Gasteiger partial charge in [0, 0.05) is 17.1 Å². The molecular weight excluding hydrogens is 242 g/mol. The third-order valence-corrected chi connectivity index (χ3v) is 3.50. The Balaban J connectivity index is 1.99. The predicted octanol–water partition coefficient (Wildman–Crippen LogP) is 3.50. The Morgan fingerprint density at radius 3 is 2.83 bits per heavy atom. The van der Waals surface area contributed by atoms with Crippen LogP contribution in [0.3, 0.4) is 0 Å². The molecule has 4 heteroatoms. The minimum absolute atomic E-state index is 0.734. The quantitative estimate of drug-likeness (QED) is 0.865. The van der Waals surface area contributed by atoms with Crippen LogP contribution >= 0.6 is 11.8 Å². The van der Waals surface area contributed by atoms with Gasteiger partial charge in [-0.3, -0.25) is 0 Å². The van der Waals surface area contributed by atoms with E-state index in [1.54, 1.807) is 0 Å². The molecular formula is C14H19N3S. The Morgan fingerprint density at radius 2 is 2.17 bits per heavy atom. The normalized spacial score (nSPS) is 10.6. The van der Waals surface area contributed by atoms with Crippen LogP contribution in [0.25, 0.3) is 0 Å². The van der Waals surface area contributed by atoms with E-state index in [9.17, 15) is 0 Å². The average molecular weight is 261 g/mol. The van der Waals surface area contributed by atoms with Gasteiger partial charge in [0.15, 0.2) is 0 Å². The van der Waals surface area contributed by atoms with Gasteiger partial charge in [0.05, 0.1) is 12.2 Å². The molecule has 0 spiro atoms. The first-order chi connectivity index (χ1) is 8.69. The standard InChI is InChI=1S/C14H19N3S/c1-10-11(2)17-14(16-10)8-15-13-6-4-5-12(7-13)9-18-3/h4-7,15H,8-9H2,1-3H3,(H,16,17). The molecule has 0 fully saturated rings. The zero-order chi connectivity index (χ0) is 13.0. The molecule has 0 saturated heterocycles. The SMILES string of the molecule is CSCc1cccc(NCc2nc(C)c(C)[nH]2)c1. The van der Waals surface area contributed by atoms with E-state index in [0.717, 1.165) is 35.2 Å². The fourth-order valence-electron chi connectivity index (χ4n) is 1.83. The number of hydrogen-bond donors (Lipinski definition) is 2. The molecule has 1 aromatic heterocycles. The third-order valence-electron chi connectivity index (χ3n) is 2.88. The Bertz CT molecular complexity index is 500. The van der Waals surface area contributed by atoms with Gasteiger partial charge in [-0.25, -0.2) is 4.98 Å². The van der Waals surface area contributed by atoms with Crippen molar-refractivity contribution in [1.82, 2.24) is 9.97 Å². The topological polar surface area (TPSA) is 40.7 Å². The first-order valence-corrected chi connectivity index (χ1v) is 7.42. The molecule has 2 aromatic rings. The molecule has 2 N–H and O–H groups in total. The molecule has 0 aliphatic carbocycles. The van der Waals surface area contributed by atoms with Crippen LogP contribution in [0.1, 0.15) is 22.8 Å². The van der Waals surface area contributed by atoms with E-state index in [1.807, 2.05) is 25.6 Å². The summed E-state index contributed by atoms with van der Waals surface area (Å²) in [6, 6.07) is 8.53. The number of anilines is 1. The van der Waals surface area contributed by atoms with E-state index in [0.29, 0.717) is 0 Å². The van der Waals surface area contributed by atoms with Crippen LogP contribution in [0.2, 0.25) is 0 Å². The van der Waals surface area contributed by atoms with Gasteiger partial charge in [-0.1, -0.05) is 12.1 Å². The second-order valence-electron chi connectivity index (χ2n) is 4.38. The van der Waals surface area contributed by atoms with Crippen molar-refractivity contribution in [1.29, 1.82) is 0 Å². The molecule has 0 bridgehead atoms. The summed E-state index contributed by atoms with van der Waals surface area (Å²) in [5.74, 6) is 2.04. The molecule has 0 atom stereocenters. The van der Waals surface area contributed by atoms with Gasteiger partial charge < -0.3 is 10.3 Å². The number of thioether (sulfide) groups is 1. The van der Waals surface area contributed by atoms with Crippen LogP contribution in [0, 0.1) is 13.8 Å². The lowest BCUT2D eigenvalue weighted by Gasteiger charge is -2.06. The Hall–Kier alpha value is -1.42. The molecule has 3 nitrogen and oxygen atoms in total. The van der Waals surface area contributed by atoms with Gasteiger partial charge in [-0.2, -0.15) is 11.8 Å². The molecule has 1 heterocycles. The van der Waals surface area contributed by atoms with Gasteiger partial charge in [-0.15, -0.1) is 0 Å². The van der Waals surface area contributed by atoms with E-state index >= 15 is 0 Å². The smallest absolute Gasteiger partial charge is 0.125 e. The van der Waals surface area contributed by atoms with Crippen molar-refractivity contribution in [3.63, 3.8) is 0 Å². The highest BCUT2D eigenvalue weighted by atomic mass is 32.2. The summed E-state index contributed by atoms with van der Waals surface area (Å²) >= 11 is 1.84. The molecule has 0 saturated carbocycles. The largest absolute Gasteiger partial charge is 0.378 e. The van der Waals surface area contributed by atoms with E-state index in [2.05, 4.69) is 45.8 Å². The minimum Gasteiger partial charge on any atom is -0.378 e. The summed E-state index contributed by atoms with van der Waals surface area (Å²) in [5.41, 5.74) is 4.71. The molecule has 0 aliphatic rings.